The molecule has 0 spiro atoms. The van der Waals surface area contributed by atoms with Crippen LogP contribution >= 0.6 is 0 Å². The van der Waals surface area contributed by atoms with Crippen molar-refractivity contribution >= 4 is 17.4 Å². The van der Waals surface area contributed by atoms with E-state index in [1.54, 1.807) is 60.9 Å². The molecule has 7 heteroatoms. The number of hydrogen-bond acceptors (Lipinski definition) is 6. The normalized spacial score (nSPS) is 17.4. The van der Waals surface area contributed by atoms with Crippen molar-refractivity contribution in [2.24, 2.45) is 0 Å². The zero-order valence-corrected chi connectivity index (χ0v) is 18.1. The van der Waals surface area contributed by atoms with Crippen LogP contribution in [0.5, 0.6) is 11.5 Å². The molecular formula is C26H24N2O5. The van der Waals surface area contributed by atoms with Gasteiger partial charge in [-0.3, -0.25) is 14.6 Å². The van der Waals surface area contributed by atoms with Crippen molar-refractivity contribution in [3.8, 4) is 11.5 Å². The molecule has 1 unspecified atom stereocenters. The lowest BCUT2D eigenvalue weighted by Gasteiger charge is -2.25. The number of ketones is 1. The fourth-order valence-electron chi connectivity index (χ4n) is 3.88. The minimum absolute atomic E-state index is 0.00516. The van der Waals surface area contributed by atoms with Crippen molar-refractivity contribution in [2.45, 2.75) is 25.9 Å². The number of benzene rings is 2. The second kappa shape index (κ2) is 9.56. The van der Waals surface area contributed by atoms with E-state index in [0.717, 1.165) is 12.0 Å². The van der Waals surface area contributed by atoms with E-state index in [4.69, 9.17) is 4.74 Å². The summed E-state index contributed by atoms with van der Waals surface area (Å²) >= 11 is 0. The van der Waals surface area contributed by atoms with Crippen LogP contribution in [-0.2, 0) is 16.1 Å². The van der Waals surface area contributed by atoms with E-state index in [2.05, 4.69) is 4.98 Å². The summed E-state index contributed by atoms with van der Waals surface area (Å²) in [6.45, 7) is 2.63. The van der Waals surface area contributed by atoms with Crippen LogP contribution in [0.4, 0.5) is 0 Å². The summed E-state index contributed by atoms with van der Waals surface area (Å²) in [7, 11) is 0. The largest absolute Gasteiger partial charge is 0.508 e. The standard InChI is InChI=1S/C26H24N2O5/c1-2-12-33-21-10-4-8-19(14-21)24(30)22-23(18-7-3-9-20(29)13-18)28(26(32)25(22)31)16-17-6-5-11-27-15-17/h3-11,13-15,23,29-30H,2,12,16H2,1H3/b24-22-. The van der Waals surface area contributed by atoms with Crippen LogP contribution in [-0.4, -0.2) is 38.4 Å². The number of rotatable bonds is 7. The molecule has 1 aliphatic heterocycles. The Labute approximate surface area is 191 Å². The number of aliphatic hydroxyl groups is 1. The van der Waals surface area contributed by atoms with Gasteiger partial charge in [0, 0.05) is 24.5 Å². The first-order valence-corrected chi connectivity index (χ1v) is 10.7. The van der Waals surface area contributed by atoms with Gasteiger partial charge >= 0.3 is 0 Å². The number of phenolic OH excluding ortho intramolecular Hbond substituents is 1. The van der Waals surface area contributed by atoms with Crippen LogP contribution in [0.25, 0.3) is 5.76 Å². The molecule has 0 aliphatic carbocycles. The van der Waals surface area contributed by atoms with Crippen molar-refractivity contribution in [3.05, 3.63) is 95.3 Å². The Morgan fingerprint density at radius 2 is 1.91 bits per heavy atom. The van der Waals surface area contributed by atoms with Crippen LogP contribution in [0, 0.1) is 0 Å². The predicted molar refractivity (Wildman–Crippen MR) is 122 cm³/mol. The first-order valence-electron chi connectivity index (χ1n) is 10.7. The third-order valence-electron chi connectivity index (χ3n) is 5.38. The Kier molecular flexibility index (Phi) is 6.40. The van der Waals surface area contributed by atoms with E-state index in [0.29, 0.717) is 23.5 Å². The highest BCUT2D eigenvalue weighted by Crippen LogP contribution is 2.41. The third-order valence-corrected chi connectivity index (χ3v) is 5.38. The number of ether oxygens (including phenoxy) is 1. The first-order chi connectivity index (χ1) is 16.0. The third kappa shape index (κ3) is 4.57. The number of aromatic hydroxyl groups is 1. The Bertz CT molecular complexity index is 1210. The fraction of sp³-hybridized carbons (Fsp3) is 0.192. The lowest BCUT2D eigenvalue weighted by molar-refractivity contribution is -0.140. The maximum absolute atomic E-state index is 13.1. The molecule has 33 heavy (non-hydrogen) atoms. The van der Waals surface area contributed by atoms with E-state index in [1.165, 1.54) is 17.0 Å². The number of aliphatic hydroxyl groups excluding tert-OH is 1. The van der Waals surface area contributed by atoms with Crippen molar-refractivity contribution < 1.29 is 24.5 Å². The number of pyridine rings is 1. The van der Waals surface area contributed by atoms with Gasteiger partial charge in [-0.25, -0.2) is 0 Å². The van der Waals surface area contributed by atoms with E-state index in [-0.39, 0.29) is 23.6 Å². The molecule has 7 nitrogen and oxygen atoms in total. The molecular weight excluding hydrogens is 420 g/mol. The molecule has 168 valence electrons. The summed E-state index contributed by atoms with van der Waals surface area (Å²) < 4.78 is 5.65. The smallest absolute Gasteiger partial charge is 0.295 e. The molecule has 2 heterocycles. The average molecular weight is 444 g/mol. The van der Waals surface area contributed by atoms with Crippen LogP contribution in [0.1, 0.15) is 36.1 Å². The molecule has 4 rings (SSSR count). The number of Topliss-reactive ketones (excluding diaryl/α,β-unsaturated/α-hetero) is 1. The number of amides is 1. The number of likely N-dealkylation sites (tertiary alicyclic amines) is 1. The van der Waals surface area contributed by atoms with Gasteiger partial charge in [-0.1, -0.05) is 37.3 Å². The number of carbonyl (C=O) groups is 2. The summed E-state index contributed by atoms with van der Waals surface area (Å²) in [6, 6.07) is 15.8. The van der Waals surface area contributed by atoms with E-state index < -0.39 is 17.7 Å². The Morgan fingerprint density at radius 3 is 2.64 bits per heavy atom. The zero-order valence-electron chi connectivity index (χ0n) is 18.1. The molecule has 1 saturated heterocycles. The van der Waals surface area contributed by atoms with Gasteiger partial charge in [0.05, 0.1) is 18.2 Å². The average Bonchev–Trinajstić information content (AvgIpc) is 3.08. The maximum Gasteiger partial charge on any atom is 0.295 e. The zero-order chi connectivity index (χ0) is 23.4. The van der Waals surface area contributed by atoms with Gasteiger partial charge in [-0.15, -0.1) is 0 Å². The molecule has 2 N–H and O–H groups in total. The lowest BCUT2D eigenvalue weighted by atomic mass is 9.95. The summed E-state index contributed by atoms with van der Waals surface area (Å²) in [5.41, 5.74) is 1.58. The number of carbonyl (C=O) groups excluding carboxylic acids is 2. The van der Waals surface area contributed by atoms with Gasteiger partial charge in [0.1, 0.15) is 17.3 Å². The predicted octanol–water partition coefficient (Wildman–Crippen LogP) is 4.20. The van der Waals surface area contributed by atoms with Crippen LogP contribution in [0.3, 0.4) is 0 Å². The van der Waals surface area contributed by atoms with Crippen LogP contribution in [0.2, 0.25) is 0 Å². The molecule has 0 bridgehead atoms. The van der Waals surface area contributed by atoms with Crippen LogP contribution < -0.4 is 4.74 Å². The minimum atomic E-state index is -0.877. The number of hydrogen-bond donors (Lipinski definition) is 2. The van der Waals surface area contributed by atoms with E-state index >= 15 is 0 Å². The molecule has 1 aliphatic rings. The van der Waals surface area contributed by atoms with Gasteiger partial charge in [0.25, 0.3) is 11.7 Å². The molecule has 0 saturated carbocycles. The Hall–Kier alpha value is -4.13. The number of aromatic nitrogens is 1. The summed E-state index contributed by atoms with van der Waals surface area (Å²) in [5, 5.41) is 21.2. The lowest BCUT2D eigenvalue weighted by Crippen LogP contribution is -2.29. The number of nitrogens with zero attached hydrogens (tertiary/aromatic N) is 2. The molecule has 1 aromatic heterocycles. The second-order valence-corrected chi connectivity index (χ2v) is 7.76. The van der Waals surface area contributed by atoms with Crippen molar-refractivity contribution in [3.63, 3.8) is 0 Å². The van der Waals surface area contributed by atoms with Gasteiger partial charge in [0.15, 0.2) is 0 Å². The fourth-order valence-corrected chi connectivity index (χ4v) is 3.88. The Balaban J connectivity index is 1.83. The van der Waals surface area contributed by atoms with Gasteiger partial charge in [0.2, 0.25) is 0 Å². The highest BCUT2D eigenvalue weighted by molar-refractivity contribution is 6.46. The highest BCUT2D eigenvalue weighted by Gasteiger charge is 2.46. The monoisotopic (exact) mass is 444 g/mol. The quantitative estimate of drug-likeness (QED) is 0.322. The second-order valence-electron chi connectivity index (χ2n) is 7.76. The first kappa shape index (κ1) is 22.1. The molecule has 1 fully saturated rings. The summed E-state index contributed by atoms with van der Waals surface area (Å²) in [5.74, 6) is -1.26. The van der Waals surface area contributed by atoms with Crippen molar-refractivity contribution in [1.82, 2.24) is 9.88 Å². The van der Waals surface area contributed by atoms with E-state index in [1.807, 2.05) is 6.92 Å². The molecule has 1 atom stereocenters. The van der Waals surface area contributed by atoms with Crippen LogP contribution in [0.15, 0.2) is 78.6 Å². The molecule has 3 aromatic rings. The maximum atomic E-state index is 13.1. The SMILES string of the molecule is CCCOc1cccc(/C(O)=C2/C(=O)C(=O)N(Cc3cccnc3)C2c2cccc(O)c2)c1. The van der Waals surface area contributed by atoms with Gasteiger partial charge in [-0.05, 0) is 47.9 Å². The van der Waals surface area contributed by atoms with Crippen molar-refractivity contribution in [1.29, 1.82) is 0 Å². The van der Waals surface area contributed by atoms with Gasteiger partial charge in [-0.2, -0.15) is 0 Å². The molecule has 0 radical (unpaired) electrons. The van der Waals surface area contributed by atoms with Crippen molar-refractivity contribution in [2.75, 3.05) is 6.61 Å². The Morgan fingerprint density at radius 1 is 1.09 bits per heavy atom. The summed E-state index contributed by atoms with van der Waals surface area (Å²) in [4.78, 5) is 31.7. The summed E-state index contributed by atoms with van der Waals surface area (Å²) in [6.07, 6.45) is 4.07. The highest BCUT2D eigenvalue weighted by atomic mass is 16.5. The number of phenols is 1. The van der Waals surface area contributed by atoms with E-state index in [9.17, 15) is 19.8 Å². The minimum Gasteiger partial charge on any atom is -0.508 e. The topological polar surface area (TPSA) is 100.0 Å². The molecule has 2 aromatic carbocycles. The van der Waals surface area contributed by atoms with Gasteiger partial charge < -0.3 is 19.8 Å². The molecule has 1 amide bonds.